The number of nitrogens with one attached hydrogen (secondary N) is 1. The van der Waals surface area contributed by atoms with Crippen LogP contribution in [0.5, 0.6) is 5.75 Å². The van der Waals surface area contributed by atoms with Crippen molar-refractivity contribution in [3.8, 4) is 17.1 Å². The Kier molecular flexibility index (Phi) is 2.36. The molecule has 1 aliphatic heterocycles. The zero-order valence-electron chi connectivity index (χ0n) is 10.7. The first kappa shape index (κ1) is 11.2. The maximum Gasteiger partial charge on any atom is 0.170 e. The number of carbonyl (C=O) groups is 1. The van der Waals surface area contributed by atoms with Crippen molar-refractivity contribution in [3.63, 3.8) is 0 Å². The molecule has 98 valence electrons. The molecule has 0 spiro atoms. The van der Waals surface area contributed by atoms with E-state index >= 15 is 0 Å². The SMILES string of the molecule is O=C1CCOc2c1ccc1[nH]c(-c3ccccc3)nc21. The van der Waals surface area contributed by atoms with Gasteiger partial charge in [-0.1, -0.05) is 30.3 Å². The standard InChI is InChI=1S/C16H12N2O2/c19-13-8-9-20-15-11(13)6-7-12-14(15)18-16(17-12)10-4-2-1-3-5-10/h1-7H,8-9H2,(H,17,18). The number of hydrogen-bond acceptors (Lipinski definition) is 3. The molecule has 0 saturated carbocycles. The molecule has 1 aliphatic rings. The molecule has 0 saturated heterocycles. The molecule has 3 aromatic rings. The number of aromatic nitrogens is 2. The highest BCUT2D eigenvalue weighted by atomic mass is 16.5. The van der Waals surface area contributed by atoms with Crippen molar-refractivity contribution in [1.29, 1.82) is 0 Å². The van der Waals surface area contributed by atoms with E-state index in [0.29, 0.717) is 24.3 Å². The second-order valence-corrected chi connectivity index (χ2v) is 4.81. The lowest BCUT2D eigenvalue weighted by atomic mass is 10.0. The van der Waals surface area contributed by atoms with E-state index in [1.54, 1.807) is 0 Å². The Labute approximate surface area is 115 Å². The summed E-state index contributed by atoms with van der Waals surface area (Å²) in [7, 11) is 0. The average Bonchev–Trinajstić information content (AvgIpc) is 2.93. The Morgan fingerprint density at radius 1 is 1.10 bits per heavy atom. The van der Waals surface area contributed by atoms with Gasteiger partial charge in [0.05, 0.1) is 17.7 Å². The first-order valence-electron chi connectivity index (χ1n) is 6.57. The number of rotatable bonds is 1. The van der Waals surface area contributed by atoms with Gasteiger partial charge in [-0.2, -0.15) is 0 Å². The number of H-pyrrole nitrogens is 1. The minimum absolute atomic E-state index is 0.123. The third-order valence-corrected chi connectivity index (χ3v) is 3.53. The van der Waals surface area contributed by atoms with Crippen molar-refractivity contribution in [2.75, 3.05) is 6.61 Å². The van der Waals surface area contributed by atoms with Gasteiger partial charge in [0.2, 0.25) is 0 Å². The van der Waals surface area contributed by atoms with Crippen molar-refractivity contribution in [2.24, 2.45) is 0 Å². The summed E-state index contributed by atoms with van der Waals surface area (Å²) in [5, 5.41) is 0. The van der Waals surface area contributed by atoms with Gasteiger partial charge < -0.3 is 9.72 Å². The van der Waals surface area contributed by atoms with Crippen LogP contribution in [0.15, 0.2) is 42.5 Å². The molecule has 20 heavy (non-hydrogen) atoms. The van der Waals surface area contributed by atoms with Crippen molar-refractivity contribution < 1.29 is 9.53 Å². The number of benzene rings is 2. The number of Topliss-reactive ketones (excluding diaryl/α,β-unsaturated/α-hetero) is 1. The molecule has 0 unspecified atom stereocenters. The van der Waals surface area contributed by atoms with Crippen LogP contribution in [0.25, 0.3) is 22.4 Å². The highest BCUT2D eigenvalue weighted by Gasteiger charge is 2.22. The molecule has 1 N–H and O–H groups in total. The maximum atomic E-state index is 11.9. The summed E-state index contributed by atoms with van der Waals surface area (Å²) in [6.45, 7) is 0.429. The zero-order valence-corrected chi connectivity index (χ0v) is 10.7. The van der Waals surface area contributed by atoms with Crippen molar-refractivity contribution in [2.45, 2.75) is 6.42 Å². The van der Waals surface area contributed by atoms with Crippen LogP contribution in [0.4, 0.5) is 0 Å². The largest absolute Gasteiger partial charge is 0.490 e. The summed E-state index contributed by atoms with van der Waals surface area (Å²) >= 11 is 0. The van der Waals surface area contributed by atoms with Gasteiger partial charge in [-0.3, -0.25) is 4.79 Å². The fourth-order valence-electron chi connectivity index (χ4n) is 2.53. The highest BCUT2D eigenvalue weighted by molar-refractivity contribution is 6.04. The number of nitrogens with zero attached hydrogens (tertiary/aromatic N) is 1. The summed E-state index contributed by atoms with van der Waals surface area (Å²) in [6.07, 6.45) is 0.439. The van der Waals surface area contributed by atoms with Crippen LogP contribution in [0.1, 0.15) is 16.8 Å². The first-order chi connectivity index (χ1) is 9.83. The minimum atomic E-state index is 0.123. The third-order valence-electron chi connectivity index (χ3n) is 3.53. The molecule has 2 aromatic carbocycles. The Balaban J connectivity index is 1.94. The molecule has 0 fully saturated rings. The van der Waals surface area contributed by atoms with Gasteiger partial charge in [-0.25, -0.2) is 4.98 Å². The number of ketones is 1. The number of aromatic amines is 1. The van der Waals surface area contributed by atoms with Crippen LogP contribution in [-0.4, -0.2) is 22.4 Å². The van der Waals surface area contributed by atoms with E-state index in [9.17, 15) is 4.79 Å². The molecule has 0 bridgehead atoms. The summed E-state index contributed by atoms with van der Waals surface area (Å²) in [5.41, 5.74) is 3.26. The Hall–Kier alpha value is -2.62. The van der Waals surface area contributed by atoms with Gasteiger partial charge in [-0.05, 0) is 12.1 Å². The van der Waals surface area contributed by atoms with E-state index in [1.165, 1.54) is 0 Å². The van der Waals surface area contributed by atoms with Crippen LogP contribution >= 0.6 is 0 Å². The molecule has 0 atom stereocenters. The maximum absolute atomic E-state index is 11.9. The van der Waals surface area contributed by atoms with E-state index in [4.69, 9.17) is 4.74 Å². The van der Waals surface area contributed by atoms with Gasteiger partial charge in [-0.15, -0.1) is 0 Å². The van der Waals surface area contributed by atoms with Crippen molar-refractivity contribution in [1.82, 2.24) is 9.97 Å². The van der Waals surface area contributed by atoms with Gasteiger partial charge >= 0.3 is 0 Å². The second-order valence-electron chi connectivity index (χ2n) is 4.81. The van der Waals surface area contributed by atoms with E-state index in [2.05, 4.69) is 9.97 Å². The zero-order chi connectivity index (χ0) is 13.5. The van der Waals surface area contributed by atoms with Gasteiger partial charge in [0.15, 0.2) is 11.5 Å². The van der Waals surface area contributed by atoms with Crippen LogP contribution in [0.2, 0.25) is 0 Å². The minimum Gasteiger partial charge on any atom is -0.490 e. The quantitative estimate of drug-likeness (QED) is 0.734. The predicted octanol–water partition coefficient (Wildman–Crippen LogP) is 3.20. The lowest BCUT2D eigenvalue weighted by molar-refractivity contribution is 0.0934. The monoisotopic (exact) mass is 264 g/mol. The van der Waals surface area contributed by atoms with Crippen molar-refractivity contribution in [3.05, 3.63) is 48.0 Å². The Morgan fingerprint density at radius 3 is 2.80 bits per heavy atom. The first-order valence-corrected chi connectivity index (χ1v) is 6.57. The lowest BCUT2D eigenvalue weighted by Crippen LogP contribution is -2.15. The lowest BCUT2D eigenvalue weighted by Gasteiger charge is -2.15. The Morgan fingerprint density at radius 2 is 1.95 bits per heavy atom. The smallest absolute Gasteiger partial charge is 0.170 e. The van der Waals surface area contributed by atoms with Crippen molar-refractivity contribution >= 4 is 16.8 Å². The molecule has 2 heterocycles. The molecule has 1 aromatic heterocycles. The number of fused-ring (bicyclic) bond motifs is 3. The van der Waals surface area contributed by atoms with Gasteiger partial charge in [0.25, 0.3) is 0 Å². The van der Waals surface area contributed by atoms with E-state index < -0.39 is 0 Å². The fourth-order valence-corrected chi connectivity index (χ4v) is 2.53. The fraction of sp³-hybridized carbons (Fsp3) is 0.125. The van der Waals surface area contributed by atoms with Crippen LogP contribution in [-0.2, 0) is 0 Å². The summed E-state index contributed by atoms with van der Waals surface area (Å²) in [5.74, 6) is 1.52. The van der Waals surface area contributed by atoms with Crippen LogP contribution < -0.4 is 4.74 Å². The molecule has 0 amide bonds. The Bertz CT molecular complexity index is 806. The third kappa shape index (κ3) is 1.61. The topological polar surface area (TPSA) is 55.0 Å². The normalized spacial score (nSPS) is 14.1. The van der Waals surface area contributed by atoms with E-state index in [1.807, 2.05) is 42.5 Å². The van der Waals surface area contributed by atoms with Gasteiger partial charge in [0, 0.05) is 12.0 Å². The number of ether oxygens (including phenoxy) is 1. The summed E-state index contributed by atoms with van der Waals surface area (Å²) in [4.78, 5) is 19.8. The molecular formula is C16H12N2O2. The molecule has 0 aliphatic carbocycles. The van der Waals surface area contributed by atoms with Gasteiger partial charge in [0.1, 0.15) is 11.3 Å². The predicted molar refractivity (Wildman–Crippen MR) is 76.0 cm³/mol. The summed E-state index contributed by atoms with van der Waals surface area (Å²) < 4.78 is 5.65. The average molecular weight is 264 g/mol. The molecule has 0 radical (unpaired) electrons. The van der Waals surface area contributed by atoms with Crippen LogP contribution in [0, 0.1) is 0 Å². The van der Waals surface area contributed by atoms with Crippen LogP contribution in [0.3, 0.4) is 0 Å². The molecule has 4 heteroatoms. The number of imidazole rings is 1. The highest BCUT2D eigenvalue weighted by Crippen LogP contribution is 2.33. The molecule has 4 nitrogen and oxygen atoms in total. The van der Waals surface area contributed by atoms with E-state index in [-0.39, 0.29) is 5.78 Å². The number of hydrogen-bond donors (Lipinski definition) is 1. The summed E-state index contributed by atoms with van der Waals surface area (Å²) in [6, 6.07) is 13.6. The van der Waals surface area contributed by atoms with E-state index in [0.717, 1.165) is 22.4 Å². The second kappa shape index (κ2) is 4.20. The molecular weight excluding hydrogens is 252 g/mol. The molecule has 4 rings (SSSR count). The number of carbonyl (C=O) groups excluding carboxylic acids is 1.